The molecule has 0 aliphatic rings. The summed E-state index contributed by atoms with van der Waals surface area (Å²) in [6.45, 7) is 2.21. The fraction of sp³-hybridized carbons (Fsp3) is 0.294. The van der Waals surface area contributed by atoms with Crippen molar-refractivity contribution in [3.05, 3.63) is 59.1 Å². The van der Waals surface area contributed by atoms with Crippen molar-refractivity contribution in [3.63, 3.8) is 0 Å². The van der Waals surface area contributed by atoms with Crippen LogP contribution in [0.15, 0.2) is 53.4 Å². The van der Waals surface area contributed by atoms with Crippen LogP contribution in [-0.4, -0.2) is 6.26 Å². The Kier molecular flexibility index (Phi) is 5.81. The molecule has 0 radical (unpaired) electrons. The van der Waals surface area contributed by atoms with E-state index in [1.807, 2.05) is 12.1 Å². The smallest absolute Gasteiger partial charge is 0.0514 e. The minimum atomic E-state index is 0.325. The molecule has 0 heterocycles. The molecule has 1 unspecified atom stereocenters. The van der Waals surface area contributed by atoms with Crippen LogP contribution in [0.5, 0.6) is 0 Å². The van der Waals surface area contributed by atoms with Crippen LogP contribution in [-0.2, 0) is 0 Å². The molecule has 0 amide bonds. The van der Waals surface area contributed by atoms with E-state index >= 15 is 0 Å². The molecule has 1 atom stereocenters. The van der Waals surface area contributed by atoms with Crippen molar-refractivity contribution in [2.24, 2.45) is 0 Å². The first-order valence-electron chi connectivity index (χ1n) is 6.89. The van der Waals surface area contributed by atoms with Gasteiger partial charge in [-0.25, -0.2) is 0 Å². The van der Waals surface area contributed by atoms with Crippen LogP contribution in [0.1, 0.15) is 31.4 Å². The third kappa shape index (κ3) is 3.94. The number of benzene rings is 2. The predicted octanol–water partition coefficient (Wildman–Crippen LogP) is 6.02. The van der Waals surface area contributed by atoms with Crippen molar-refractivity contribution in [1.29, 1.82) is 0 Å². The van der Waals surface area contributed by atoms with E-state index in [0.717, 1.165) is 17.9 Å². The Labute approximate surface area is 130 Å². The topological polar surface area (TPSA) is 12.0 Å². The molecule has 106 valence electrons. The van der Waals surface area contributed by atoms with Crippen LogP contribution in [0, 0.1) is 0 Å². The van der Waals surface area contributed by atoms with Gasteiger partial charge in [0.1, 0.15) is 0 Å². The molecule has 1 nitrogen and oxygen atoms in total. The molecule has 0 bridgehead atoms. The number of halogens is 1. The van der Waals surface area contributed by atoms with Crippen molar-refractivity contribution >= 4 is 29.1 Å². The second-order valence-corrected chi connectivity index (χ2v) is 6.02. The fourth-order valence-electron chi connectivity index (χ4n) is 2.26. The van der Waals surface area contributed by atoms with Crippen molar-refractivity contribution in [2.75, 3.05) is 11.6 Å². The first-order valence-corrected chi connectivity index (χ1v) is 8.50. The summed E-state index contributed by atoms with van der Waals surface area (Å²) in [4.78, 5) is 1.28. The average Bonchev–Trinajstić information content (AvgIpc) is 2.48. The molecule has 2 aromatic rings. The lowest BCUT2D eigenvalue weighted by molar-refractivity contribution is 0.676. The molecule has 2 aromatic carbocycles. The van der Waals surface area contributed by atoms with Crippen LogP contribution in [0.4, 0.5) is 5.69 Å². The van der Waals surface area contributed by atoms with Crippen LogP contribution in [0.3, 0.4) is 0 Å². The van der Waals surface area contributed by atoms with Crippen LogP contribution in [0.25, 0.3) is 0 Å². The van der Waals surface area contributed by atoms with Crippen molar-refractivity contribution < 1.29 is 0 Å². The Balaban J connectivity index is 2.23. The van der Waals surface area contributed by atoms with Gasteiger partial charge in [-0.2, -0.15) is 0 Å². The summed E-state index contributed by atoms with van der Waals surface area (Å²) in [5.41, 5.74) is 2.49. The van der Waals surface area contributed by atoms with Gasteiger partial charge in [-0.05, 0) is 42.5 Å². The highest BCUT2D eigenvalue weighted by Crippen LogP contribution is 2.30. The lowest BCUT2D eigenvalue weighted by Crippen LogP contribution is -2.11. The number of hydrogen-bond donors (Lipinski definition) is 1. The zero-order chi connectivity index (χ0) is 14.4. The molecule has 0 saturated heterocycles. The zero-order valence-corrected chi connectivity index (χ0v) is 13.5. The summed E-state index contributed by atoms with van der Waals surface area (Å²) in [7, 11) is 0. The molecule has 3 heteroatoms. The summed E-state index contributed by atoms with van der Waals surface area (Å²) in [5, 5.41) is 4.46. The van der Waals surface area contributed by atoms with E-state index in [1.54, 1.807) is 11.8 Å². The maximum Gasteiger partial charge on any atom is 0.0514 e. The highest BCUT2D eigenvalue weighted by molar-refractivity contribution is 7.98. The Morgan fingerprint density at radius 2 is 1.80 bits per heavy atom. The summed E-state index contributed by atoms with van der Waals surface area (Å²) in [6.07, 6.45) is 4.35. The zero-order valence-electron chi connectivity index (χ0n) is 11.9. The Morgan fingerprint density at radius 1 is 1.10 bits per heavy atom. The number of hydrogen-bond acceptors (Lipinski definition) is 2. The van der Waals surface area contributed by atoms with E-state index in [4.69, 9.17) is 11.6 Å². The van der Waals surface area contributed by atoms with Gasteiger partial charge in [-0.1, -0.05) is 49.2 Å². The summed E-state index contributed by atoms with van der Waals surface area (Å²) >= 11 is 7.75. The van der Waals surface area contributed by atoms with Gasteiger partial charge >= 0.3 is 0 Å². The summed E-state index contributed by atoms with van der Waals surface area (Å²) in [6, 6.07) is 16.9. The summed E-state index contributed by atoms with van der Waals surface area (Å²) < 4.78 is 0. The molecule has 0 spiro atoms. The number of rotatable bonds is 6. The monoisotopic (exact) mass is 305 g/mol. The van der Waals surface area contributed by atoms with E-state index in [1.165, 1.54) is 16.1 Å². The molecule has 1 N–H and O–H groups in total. The first kappa shape index (κ1) is 15.3. The van der Waals surface area contributed by atoms with Crippen molar-refractivity contribution in [2.45, 2.75) is 30.7 Å². The molecule has 0 aliphatic heterocycles. The minimum absolute atomic E-state index is 0.325. The van der Waals surface area contributed by atoms with Crippen molar-refractivity contribution in [1.82, 2.24) is 0 Å². The van der Waals surface area contributed by atoms with Crippen LogP contribution < -0.4 is 5.32 Å². The predicted molar refractivity (Wildman–Crippen MR) is 90.9 cm³/mol. The normalized spacial score (nSPS) is 12.2. The maximum atomic E-state index is 5.98. The van der Waals surface area contributed by atoms with E-state index in [0.29, 0.717) is 6.04 Å². The van der Waals surface area contributed by atoms with Crippen LogP contribution >= 0.6 is 23.4 Å². The lowest BCUT2D eigenvalue weighted by Gasteiger charge is -2.21. The van der Waals surface area contributed by atoms with Gasteiger partial charge < -0.3 is 5.32 Å². The van der Waals surface area contributed by atoms with Gasteiger partial charge in [0.15, 0.2) is 0 Å². The van der Waals surface area contributed by atoms with Crippen molar-refractivity contribution in [3.8, 4) is 0 Å². The van der Waals surface area contributed by atoms with Gasteiger partial charge in [0.25, 0.3) is 0 Å². The second kappa shape index (κ2) is 7.61. The molecule has 2 rings (SSSR count). The first-order chi connectivity index (χ1) is 9.74. The molecule has 0 aromatic heterocycles. The number of nitrogens with one attached hydrogen (secondary N) is 1. The summed E-state index contributed by atoms with van der Waals surface area (Å²) in [5.74, 6) is 0. The molecule has 20 heavy (non-hydrogen) atoms. The highest BCUT2D eigenvalue weighted by Gasteiger charge is 2.12. The van der Waals surface area contributed by atoms with Gasteiger partial charge in [0.2, 0.25) is 0 Å². The highest BCUT2D eigenvalue weighted by atomic mass is 35.5. The van der Waals surface area contributed by atoms with Gasteiger partial charge in [-0.3, -0.25) is 0 Å². The molecular formula is C17H20ClNS. The Morgan fingerprint density at radius 3 is 2.45 bits per heavy atom. The van der Waals surface area contributed by atoms with E-state index in [-0.39, 0.29) is 0 Å². The van der Waals surface area contributed by atoms with Gasteiger partial charge in [0.05, 0.1) is 6.04 Å². The number of anilines is 1. The Hall–Kier alpha value is -1.12. The fourth-order valence-corrected chi connectivity index (χ4v) is 2.95. The van der Waals surface area contributed by atoms with Gasteiger partial charge in [0, 0.05) is 15.6 Å². The molecule has 0 fully saturated rings. The minimum Gasteiger partial charge on any atom is -0.377 e. The number of para-hydroxylation sites is 1. The lowest BCUT2D eigenvalue weighted by atomic mass is 10.0. The SMILES string of the molecule is CCCC(Nc1ccccc1SC)c1ccc(Cl)cc1. The van der Waals surface area contributed by atoms with Gasteiger partial charge in [-0.15, -0.1) is 11.8 Å². The third-order valence-electron chi connectivity index (χ3n) is 3.29. The maximum absolute atomic E-state index is 5.98. The molecule has 0 saturated carbocycles. The number of thioether (sulfide) groups is 1. The second-order valence-electron chi connectivity index (χ2n) is 4.74. The quantitative estimate of drug-likeness (QED) is 0.655. The van der Waals surface area contributed by atoms with E-state index in [2.05, 4.69) is 54.9 Å². The van der Waals surface area contributed by atoms with Crippen LogP contribution in [0.2, 0.25) is 5.02 Å². The Bertz CT molecular complexity index is 539. The largest absolute Gasteiger partial charge is 0.377 e. The molecular weight excluding hydrogens is 286 g/mol. The standard InChI is InChI=1S/C17H20ClNS/c1-3-6-15(13-9-11-14(18)12-10-13)19-16-7-4-5-8-17(16)20-2/h4-5,7-12,15,19H,3,6H2,1-2H3. The van der Waals surface area contributed by atoms with E-state index < -0.39 is 0 Å². The van der Waals surface area contributed by atoms with E-state index in [9.17, 15) is 0 Å². The third-order valence-corrected chi connectivity index (χ3v) is 4.33. The average molecular weight is 306 g/mol. The molecule has 0 aliphatic carbocycles.